The Bertz CT molecular complexity index is 751. The smallest absolute Gasteiger partial charge is 0.171 e. The Hall–Kier alpha value is -2.27. The fraction of sp³-hybridized carbons (Fsp3) is 0.0625. The highest BCUT2D eigenvalue weighted by Gasteiger charge is 2.11. The molecule has 21 heavy (non-hydrogen) atoms. The van der Waals surface area contributed by atoms with Crippen LogP contribution in [0.25, 0.3) is 5.69 Å². The van der Waals surface area contributed by atoms with Crippen molar-refractivity contribution in [1.29, 1.82) is 0 Å². The minimum Gasteiger partial charge on any atom is -0.294 e. The minimum atomic E-state index is 0.00648. The summed E-state index contributed by atoms with van der Waals surface area (Å²) >= 11 is 3.33. The predicted octanol–water partition coefficient (Wildman–Crippen LogP) is 3.46. The van der Waals surface area contributed by atoms with Crippen molar-refractivity contribution >= 4 is 21.7 Å². The van der Waals surface area contributed by atoms with Gasteiger partial charge < -0.3 is 0 Å². The molecule has 0 saturated heterocycles. The molecule has 0 aliphatic rings. The first-order valence-corrected chi connectivity index (χ1v) is 7.25. The van der Waals surface area contributed by atoms with Crippen LogP contribution in [0.3, 0.4) is 0 Å². The first kappa shape index (κ1) is 13.7. The SMILES string of the molecule is O=C(Cc1ccc(Br)cn1)c1cnn(-c2ccccc2)c1. The highest BCUT2D eigenvalue weighted by molar-refractivity contribution is 9.10. The maximum atomic E-state index is 12.2. The summed E-state index contributed by atoms with van der Waals surface area (Å²) < 4.78 is 2.60. The summed E-state index contributed by atoms with van der Waals surface area (Å²) in [4.78, 5) is 16.5. The van der Waals surface area contributed by atoms with Crippen LogP contribution in [-0.2, 0) is 6.42 Å². The molecule has 0 aliphatic heterocycles. The molecule has 3 rings (SSSR count). The molecule has 0 saturated carbocycles. The van der Waals surface area contributed by atoms with Gasteiger partial charge in [-0.3, -0.25) is 9.78 Å². The molecule has 2 aromatic heterocycles. The zero-order chi connectivity index (χ0) is 14.7. The third-order valence-corrected chi connectivity index (χ3v) is 3.52. The van der Waals surface area contributed by atoms with Gasteiger partial charge in [0.05, 0.1) is 23.9 Å². The third kappa shape index (κ3) is 3.25. The average Bonchev–Trinajstić information content (AvgIpc) is 3.00. The van der Waals surface area contributed by atoms with Gasteiger partial charge in [0.2, 0.25) is 0 Å². The molecule has 3 aromatic rings. The van der Waals surface area contributed by atoms with Gasteiger partial charge in [0.25, 0.3) is 0 Å². The largest absolute Gasteiger partial charge is 0.294 e. The average molecular weight is 342 g/mol. The van der Waals surface area contributed by atoms with Crippen molar-refractivity contribution in [1.82, 2.24) is 14.8 Å². The minimum absolute atomic E-state index is 0.00648. The lowest BCUT2D eigenvalue weighted by atomic mass is 10.1. The molecule has 4 nitrogen and oxygen atoms in total. The van der Waals surface area contributed by atoms with Crippen LogP contribution in [-0.4, -0.2) is 20.5 Å². The molecule has 5 heteroatoms. The van der Waals surface area contributed by atoms with Gasteiger partial charge in [0, 0.05) is 22.6 Å². The molecule has 0 unspecified atom stereocenters. The van der Waals surface area contributed by atoms with Crippen molar-refractivity contribution < 1.29 is 4.79 Å². The zero-order valence-corrected chi connectivity index (χ0v) is 12.7. The Balaban J connectivity index is 1.77. The van der Waals surface area contributed by atoms with E-state index in [1.165, 1.54) is 0 Å². The first-order valence-electron chi connectivity index (χ1n) is 6.46. The highest BCUT2D eigenvalue weighted by atomic mass is 79.9. The first-order chi connectivity index (χ1) is 10.2. The summed E-state index contributed by atoms with van der Waals surface area (Å²) in [6, 6.07) is 13.4. The number of para-hydroxylation sites is 1. The highest BCUT2D eigenvalue weighted by Crippen LogP contribution is 2.12. The standard InChI is InChI=1S/C16H12BrN3O/c17-13-6-7-14(18-10-13)8-16(21)12-9-19-20(11-12)15-4-2-1-3-5-15/h1-7,9-11H,8H2. The number of aromatic nitrogens is 3. The van der Waals surface area contributed by atoms with Gasteiger partial charge in [0.15, 0.2) is 5.78 Å². The topological polar surface area (TPSA) is 47.8 Å². The molecule has 0 N–H and O–H groups in total. The number of rotatable bonds is 4. The molecule has 0 radical (unpaired) electrons. The molecule has 0 atom stereocenters. The summed E-state index contributed by atoms with van der Waals surface area (Å²) in [5.74, 6) is 0.00648. The molecule has 1 aromatic carbocycles. The maximum absolute atomic E-state index is 12.2. The lowest BCUT2D eigenvalue weighted by Crippen LogP contribution is -2.04. The fourth-order valence-electron chi connectivity index (χ4n) is 1.97. The van der Waals surface area contributed by atoms with E-state index < -0.39 is 0 Å². The van der Waals surface area contributed by atoms with Crippen LogP contribution in [0.5, 0.6) is 0 Å². The number of nitrogens with zero attached hydrogens (tertiary/aromatic N) is 3. The van der Waals surface area contributed by atoms with Gasteiger partial charge in [-0.15, -0.1) is 0 Å². The predicted molar refractivity (Wildman–Crippen MR) is 83.5 cm³/mol. The van der Waals surface area contributed by atoms with Crippen LogP contribution in [0.15, 0.2) is 65.5 Å². The molecule has 0 aliphatic carbocycles. The van der Waals surface area contributed by atoms with Gasteiger partial charge >= 0.3 is 0 Å². The van der Waals surface area contributed by atoms with E-state index in [0.29, 0.717) is 5.56 Å². The van der Waals surface area contributed by atoms with Crippen molar-refractivity contribution in [2.75, 3.05) is 0 Å². The van der Waals surface area contributed by atoms with Crippen LogP contribution in [0.4, 0.5) is 0 Å². The lowest BCUT2D eigenvalue weighted by molar-refractivity contribution is 0.0992. The summed E-state index contributed by atoms with van der Waals surface area (Å²) in [5.41, 5.74) is 2.26. The Morgan fingerprint density at radius 2 is 1.90 bits per heavy atom. The molecule has 0 bridgehead atoms. The molecule has 104 valence electrons. The molecular formula is C16H12BrN3O. The monoisotopic (exact) mass is 341 g/mol. The normalized spacial score (nSPS) is 10.5. The van der Waals surface area contributed by atoms with Crippen LogP contribution < -0.4 is 0 Å². The molecule has 0 spiro atoms. The number of carbonyl (C=O) groups is 1. The second-order valence-corrected chi connectivity index (χ2v) is 5.49. The number of hydrogen-bond donors (Lipinski definition) is 0. The molecule has 0 fully saturated rings. The lowest BCUT2D eigenvalue weighted by Gasteiger charge is -2.00. The van der Waals surface area contributed by atoms with Gasteiger partial charge in [-0.1, -0.05) is 18.2 Å². The van der Waals surface area contributed by atoms with E-state index in [2.05, 4.69) is 26.0 Å². The van der Waals surface area contributed by atoms with E-state index in [1.54, 1.807) is 23.3 Å². The van der Waals surface area contributed by atoms with E-state index in [-0.39, 0.29) is 12.2 Å². The second-order valence-electron chi connectivity index (χ2n) is 4.58. The Morgan fingerprint density at radius 1 is 1.10 bits per heavy atom. The van der Waals surface area contributed by atoms with Gasteiger partial charge in [-0.2, -0.15) is 5.10 Å². The van der Waals surface area contributed by atoms with E-state index in [9.17, 15) is 4.79 Å². The molecule has 2 heterocycles. The van der Waals surface area contributed by atoms with E-state index in [4.69, 9.17) is 0 Å². The number of carbonyl (C=O) groups excluding carboxylic acids is 1. The van der Waals surface area contributed by atoms with Gasteiger partial charge in [-0.05, 0) is 40.2 Å². The summed E-state index contributed by atoms with van der Waals surface area (Å²) in [6.07, 6.45) is 5.30. The quantitative estimate of drug-likeness (QED) is 0.683. The summed E-state index contributed by atoms with van der Waals surface area (Å²) in [5, 5.41) is 4.23. The number of halogens is 1. The van der Waals surface area contributed by atoms with Crippen LogP contribution >= 0.6 is 15.9 Å². The van der Waals surface area contributed by atoms with Crippen LogP contribution in [0.1, 0.15) is 16.1 Å². The van der Waals surface area contributed by atoms with Crippen LogP contribution in [0.2, 0.25) is 0 Å². The van der Waals surface area contributed by atoms with E-state index in [1.807, 2.05) is 42.5 Å². The number of benzene rings is 1. The second kappa shape index (κ2) is 6.01. The number of ketones is 1. The number of pyridine rings is 1. The Labute approximate surface area is 130 Å². The number of Topliss-reactive ketones (excluding diaryl/α,β-unsaturated/α-hetero) is 1. The zero-order valence-electron chi connectivity index (χ0n) is 11.1. The number of hydrogen-bond acceptors (Lipinski definition) is 3. The van der Waals surface area contributed by atoms with Crippen molar-refractivity contribution in [2.24, 2.45) is 0 Å². The Morgan fingerprint density at radius 3 is 2.62 bits per heavy atom. The van der Waals surface area contributed by atoms with E-state index in [0.717, 1.165) is 15.9 Å². The fourth-order valence-corrected chi connectivity index (χ4v) is 2.20. The summed E-state index contributed by atoms with van der Waals surface area (Å²) in [7, 11) is 0. The summed E-state index contributed by atoms with van der Waals surface area (Å²) in [6.45, 7) is 0. The van der Waals surface area contributed by atoms with Crippen molar-refractivity contribution in [3.8, 4) is 5.69 Å². The molecule has 0 amide bonds. The van der Waals surface area contributed by atoms with Crippen molar-refractivity contribution in [3.05, 3.63) is 76.8 Å². The van der Waals surface area contributed by atoms with Crippen LogP contribution in [0, 0.1) is 0 Å². The molecular weight excluding hydrogens is 330 g/mol. The van der Waals surface area contributed by atoms with Crippen molar-refractivity contribution in [2.45, 2.75) is 6.42 Å². The van der Waals surface area contributed by atoms with Crippen molar-refractivity contribution in [3.63, 3.8) is 0 Å². The Kier molecular flexibility index (Phi) is 3.92. The maximum Gasteiger partial charge on any atom is 0.171 e. The third-order valence-electron chi connectivity index (χ3n) is 3.06. The van der Waals surface area contributed by atoms with Gasteiger partial charge in [0.1, 0.15) is 0 Å². The van der Waals surface area contributed by atoms with Gasteiger partial charge in [-0.25, -0.2) is 4.68 Å². The van der Waals surface area contributed by atoms with E-state index >= 15 is 0 Å².